The molecule has 1 amide bonds. The van der Waals surface area contributed by atoms with E-state index in [1.165, 1.54) is 0 Å². The maximum absolute atomic E-state index is 11.6. The van der Waals surface area contributed by atoms with E-state index in [4.69, 9.17) is 4.42 Å². The zero-order valence-corrected chi connectivity index (χ0v) is 12.5. The molecule has 112 valence electrons. The summed E-state index contributed by atoms with van der Waals surface area (Å²) in [7, 11) is 0. The molecular weight excluding hydrogens is 276 g/mol. The van der Waals surface area contributed by atoms with Gasteiger partial charge in [-0.2, -0.15) is 0 Å². The molecule has 1 N–H and O–H groups in total. The van der Waals surface area contributed by atoms with Crippen molar-refractivity contribution in [2.24, 2.45) is 0 Å². The predicted molar refractivity (Wildman–Crippen MR) is 86.8 cm³/mol. The zero-order valence-electron chi connectivity index (χ0n) is 12.5. The van der Waals surface area contributed by atoms with Gasteiger partial charge in [-0.1, -0.05) is 37.3 Å². The van der Waals surface area contributed by atoms with Crippen molar-refractivity contribution in [1.29, 1.82) is 0 Å². The first-order valence-electron chi connectivity index (χ1n) is 7.48. The van der Waals surface area contributed by atoms with E-state index < -0.39 is 0 Å². The van der Waals surface area contributed by atoms with E-state index in [9.17, 15) is 4.79 Å². The number of carbonyl (C=O) groups is 1. The van der Waals surface area contributed by atoms with Crippen LogP contribution in [0.4, 0.5) is 5.69 Å². The highest BCUT2D eigenvalue weighted by molar-refractivity contribution is 5.92. The number of amides is 1. The summed E-state index contributed by atoms with van der Waals surface area (Å²) in [5.74, 6) is 0.702. The van der Waals surface area contributed by atoms with E-state index >= 15 is 0 Å². The van der Waals surface area contributed by atoms with E-state index in [1.807, 2.05) is 55.5 Å². The van der Waals surface area contributed by atoms with Gasteiger partial charge in [0, 0.05) is 18.5 Å². The standard InChI is InChI=1S/C18H18N2O2/c1-2-6-17(21)19-14-9-10-16-15(12-14)20-18(22-16)11-13-7-4-3-5-8-13/h3-5,7-10,12H,2,6,11H2,1H3,(H,19,21). The van der Waals surface area contributed by atoms with Gasteiger partial charge in [0.05, 0.1) is 0 Å². The molecule has 0 atom stereocenters. The van der Waals surface area contributed by atoms with Crippen LogP contribution in [-0.4, -0.2) is 10.9 Å². The molecule has 0 aliphatic carbocycles. The Balaban J connectivity index is 1.79. The molecule has 0 spiro atoms. The number of rotatable bonds is 5. The SMILES string of the molecule is CCCC(=O)Nc1ccc2oc(Cc3ccccc3)nc2c1. The Kier molecular flexibility index (Phi) is 4.19. The summed E-state index contributed by atoms with van der Waals surface area (Å²) in [5, 5.41) is 2.87. The van der Waals surface area contributed by atoms with Crippen molar-refractivity contribution < 1.29 is 9.21 Å². The number of aromatic nitrogens is 1. The first-order chi connectivity index (χ1) is 10.7. The summed E-state index contributed by atoms with van der Waals surface area (Å²) >= 11 is 0. The zero-order chi connectivity index (χ0) is 15.4. The average Bonchev–Trinajstić information content (AvgIpc) is 2.90. The van der Waals surface area contributed by atoms with Crippen molar-refractivity contribution in [3.63, 3.8) is 0 Å². The summed E-state index contributed by atoms with van der Waals surface area (Å²) in [6, 6.07) is 15.6. The number of hydrogen-bond donors (Lipinski definition) is 1. The lowest BCUT2D eigenvalue weighted by Gasteiger charge is -2.02. The Hall–Kier alpha value is -2.62. The molecule has 22 heavy (non-hydrogen) atoms. The first kappa shape index (κ1) is 14.3. The topological polar surface area (TPSA) is 55.1 Å². The molecule has 2 aromatic carbocycles. The lowest BCUT2D eigenvalue weighted by atomic mass is 10.1. The van der Waals surface area contributed by atoms with E-state index in [0.717, 1.165) is 28.8 Å². The summed E-state index contributed by atoms with van der Waals surface area (Å²) < 4.78 is 5.76. The summed E-state index contributed by atoms with van der Waals surface area (Å²) in [6.07, 6.45) is 2.02. The molecule has 0 fully saturated rings. The van der Waals surface area contributed by atoms with Gasteiger partial charge in [0.2, 0.25) is 5.91 Å². The molecule has 0 aliphatic heterocycles. The third-order valence-electron chi connectivity index (χ3n) is 3.39. The molecule has 4 heteroatoms. The molecule has 3 rings (SSSR count). The van der Waals surface area contributed by atoms with E-state index in [0.29, 0.717) is 18.7 Å². The number of hydrogen-bond acceptors (Lipinski definition) is 3. The quantitative estimate of drug-likeness (QED) is 0.768. The fourth-order valence-electron chi connectivity index (χ4n) is 2.35. The number of anilines is 1. The van der Waals surface area contributed by atoms with Crippen LogP contribution in [0.1, 0.15) is 31.2 Å². The van der Waals surface area contributed by atoms with Crippen molar-refractivity contribution in [3.05, 3.63) is 60.0 Å². The first-order valence-corrected chi connectivity index (χ1v) is 7.48. The van der Waals surface area contributed by atoms with Crippen LogP contribution in [0.5, 0.6) is 0 Å². The van der Waals surface area contributed by atoms with Gasteiger partial charge in [0.25, 0.3) is 0 Å². The van der Waals surface area contributed by atoms with Crippen molar-refractivity contribution in [3.8, 4) is 0 Å². The number of benzene rings is 2. The Morgan fingerprint density at radius 2 is 2.00 bits per heavy atom. The van der Waals surface area contributed by atoms with Gasteiger partial charge in [-0.25, -0.2) is 4.98 Å². The van der Waals surface area contributed by atoms with Gasteiger partial charge >= 0.3 is 0 Å². The maximum Gasteiger partial charge on any atom is 0.224 e. The van der Waals surface area contributed by atoms with Gasteiger partial charge in [-0.3, -0.25) is 4.79 Å². The average molecular weight is 294 g/mol. The largest absolute Gasteiger partial charge is 0.440 e. The second-order valence-electron chi connectivity index (χ2n) is 5.25. The smallest absolute Gasteiger partial charge is 0.224 e. The molecule has 0 saturated heterocycles. The van der Waals surface area contributed by atoms with Crippen molar-refractivity contribution in [2.75, 3.05) is 5.32 Å². The van der Waals surface area contributed by atoms with Crippen LogP contribution in [-0.2, 0) is 11.2 Å². The minimum absolute atomic E-state index is 0.0230. The van der Waals surface area contributed by atoms with Crippen LogP contribution in [0.3, 0.4) is 0 Å². The normalized spacial score (nSPS) is 10.8. The lowest BCUT2D eigenvalue weighted by Crippen LogP contribution is -2.10. The van der Waals surface area contributed by atoms with E-state index in [2.05, 4.69) is 10.3 Å². The van der Waals surface area contributed by atoms with E-state index in [1.54, 1.807) is 0 Å². The Morgan fingerprint density at radius 3 is 2.77 bits per heavy atom. The number of nitrogens with one attached hydrogen (secondary N) is 1. The lowest BCUT2D eigenvalue weighted by molar-refractivity contribution is -0.116. The van der Waals surface area contributed by atoms with Crippen LogP contribution < -0.4 is 5.32 Å². The number of fused-ring (bicyclic) bond motifs is 1. The molecule has 4 nitrogen and oxygen atoms in total. The highest BCUT2D eigenvalue weighted by Gasteiger charge is 2.08. The molecule has 0 aliphatic rings. The Labute approximate surface area is 129 Å². The second-order valence-corrected chi connectivity index (χ2v) is 5.25. The van der Waals surface area contributed by atoms with Gasteiger partial charge < -0.3 is 9.73 Å². The third-order valence-corrected chi connectivity index (χ3v) is 3.39. The van der Waals surface area contributed by atoms with Gasteiger partial charge in [-0.05, 0) is 30.2 Å². The fourth-order valence-corrected chi connectivity index (χ4v) is 2.35. The number of nitrogens with zero attached hydrogens (tertiary/aromatic N) is 1. The summed E-state index contributed by atoms with van der Waals surface area (Å²) in [5.41, 5.74) is 3.41. The highest BCUT2D eigenvalue weighted by Crippen LogP contribution is 2.21. The van der Waals surface area contributed by atoms with Crippen molar-refractivity contribution >= 4 is 22.7 Å². The van der Waals surface area contributed by atoms with Gasteiger partial charge in [0.1, 0.15) is 5.52 Å². The van der Waals surface area contributed by atoms with Crippen molar-refractivity contribution in [1.82, 2.24) is 4.98 Å². The van der Waals surface area contributed by atoms with Crippen LogP contribution >= 0.6 is 0 Å². The molecule has 0 radical (unpaired) electrons. The molecule has 0 bridgehead atoms. The summed E-state index contributed by atoms with van der Waals surface area (Å²) in [6.45, 7) is 1.98. The van der Waals surface area contributed by atoms with Crippen LogP contribution in [0.25, 0.3) is 11.1 Å². The van der Waals surface area contributed by atoms with Crippen molar-refractivity contribution in [2.45, 2.75) is 26.2 Å². The van der Waals surface area contributed by atoms with Crippen LogP contribution in [0, 0.1) is 0 Å². The molecule has 1 aromatic heterocycles. The predicted octanol–water partition coefficient (Wildman–Crippen LogP) is 4.16. The number of carbonyl (C=O) groups excluding carboxylic acids is 1. The fraction of sp³-hybridized carbons (Fsp3) is 0.222. The Morgan fingerprint density at radius 1 is 1.18 bits per heavy atom. The minimum atomic E-state index is 0.0230. The molecular formula is C18H18N2O2. The van der Waals surface area contributed by atoms with E-state index in [-0.39, 0.29) is 5.91 Å². The van der Waals surface area contributed by atoms with Gasteiger partial charge in [0.15, 0.2) is 11.5 Å². The van der Waals surface area contributed by atoms with Crippen LogP contribution in [0.15, 0.2) is 52.9 Å². The molecule has 1 heterocycles. The molecule has 0 saturated carbocycles. The minimum Gasteiger partial charge on any atom is -0.440 e. The van der Waals surface area contributed by atoms with Gasteiger partial charge in [-0.15, -0.1) is 0 Å². The molecule has 0 unspecified atom stereocenters. The highest BCUT2D eigenvalue weighted by atomic mass is 16.3. The third kappa shape index (κ3) is 3.34. The summed E-state index contributed by atoms with van der Waals surface area (Å²) in [4.78, 5) is 16.1. The molecule has 3 aromatic rings. The number of oxazole rings is 1. The monoisotopic (exact) mass is 294 g/mol. The Bertz CT molecular complexity index is 778. The van der Waals surface area contributed by atoms with Crippen LogP contribution in [0.2, 0.25) is 0 Å². The second kappa shape index (κ2) is 6.43. The maximum atomic E-state index is 11.6.